The van der Waals surface area contributed by atoms with Gasteiger partial charge in [0.1, 0.15) is 0 Å². The molecule has 0 atom stereocenters. The van der Waals surface area contributed by atoms with Gasteiger partial charge in [-0.05, 0) is 45.4 Å². The molecular formula is C14H22N2O. The zero-order chi connectivity index (χ0) is 13.1. The summed E-state index contributed by atoms with van der Waals surface area (Å²) in [5, 5.41) is 6.17. The van der Waals surface area contributed by atoms with Crippen LogP contribution in [0.1, 0.15) is 31.9 Å². The molecule has 3 nitrogen and oxygen atoms in total. The minimum absolute atomic E-state index is 0.00301. The quantitative estimate of drug-likeness (QED) is 0.841. The van der Waals surface area contributed by atoms with Gasteiger partial charge in [-0.15, -0.1) is 0 Å². The summed E-state index contributed by atoms with van der Waals surface area (Å²) in [5.41, 5.74) is 2.54. The van der Waals surface area contributed by atoms with E-state index in [2.05, 4.69) is 10.6 Å². The highest BCUT2D eigenvalue weighted by atomic mass is 16.2. The van der Waals surface area contributed by atoms with Crippen molar-refractivity contribution in [3.05, 3.63) is 29.3 Å². The number of hydrogen-bond donors (Lipinski definition) is 2. The van der Waals surface area contributed by atoms with Gasteiger partial charge >= 0.3 is 0 Å². The number of para-hydroxylation sites is 1. The lowest BCUT2D eigenvalue weighted by Gasteiger charge is -2.25. The van der Waals surface area contributed by atoms with Crippen molar-refractivity contribution in [1.82, 2.24) is 5.32 Å². The van der Waals surface area contributed by atoms with Crippen LogP contribution < -0.4 is 10.6 Å². The van der Waals surface area contributed by atoms with Gasteiger partial charge in [-0.2, -0.15) is 0 Å². The molecule has 0 saturated carbocycles. The van der Waals surface area contributed by atoms with Crippen LogP contribution in [0.2, 0.25) is 0 Å². The van der Waals surface area contributed by atoms with E-state index in [0.29, 0.717) is 0 Å². The minimum Gasteiger partial charge on any atom is -0.324 e. The second-order valence-corrected chi connectivity index (χ2v) is 4.88. The summed E-state index contributed by atoms with van der Waals surface area (Å²) in [6.07, 6.45) is 0. The molecule has 0 bridgehead atoms. The Bertz CT molecular complexity index is 390. The van der Waals surface area contributed by atoms with Gasteiger partial charge < -0.3 is 10.6 Å². The monoisotopic (exact) mass is 234 g/mol. The van der Waals surface area contributed by atoms with Crippen LogP contribution in [0, 0.1) is 13.8 Å². The Morgan fingerprint density at radius 2 is 1.76 bits per heavy atom. The van der Waals surface area contributed by atoms with Crippen LogP contribution in [0.4, 0.5) is 5.69 Å². The maximum absolute atomic E-state index is 12.2. The van der Waals surface area contributed by atoms with E-state index < -0.39 is 5.54 Å². The molecule has 0 aliphatic rings. The van der Waals surface area contributed by atoms with Crippen LogP contribution in [0.25, 0.3) is 0 Å². The van der Waals surface area contributed by atoms with Crippen LogP contribution in [-0.4, -0.2) is 18.0 Å². The number of rotatable bonds is 4. The van der Waals surface area contributed by atoms with Gasteiger partial charge in [0.15, 0.2) is 0 Å². The van der Waals surface area contributed by atoms with E-state index in [1.807, 2.05) is 52.8 Å². The highest BCUT2D eigenvalue weighted by Gasteiger charge is 2.26. The predicted octanol–water partition coefficient (Wildman–Crippen LogP) is 2.63. The third-order valence-corrected chi connectivity index (χ3v) is 2.91. The normalized spacial score (nSPS) is 11.4. The maximum Gasteiger partial charge on any atom is 0.244 e. The zero-order valence-corrected chi connectivity index (χ0v) is 11.3. The Labute approximate surface area is 104 Å². The molecule has 1 rings (SSSR count). The average molecular weight is 234 g/mol. The van der Waals surface area contributed by atoms with E-state index in [1.165, 1.54) is 0 Å². The Hall–Kier alpha value is -1.35. The smallest absolute Gasteiger partial charge is 0.244 e. The summed E-state index contributed by atoms with van der Waals surface area (Å²) >= 11 is 0. The van der Waals surface area contributed by atoms with Crippen LogP contribution >= 0.6 is 0 Å². The first-order chi connectivity index (χ1) is 7.88. The lowest BCUT2D eigenvalue weighted by atomic mass is 10.0. The van der Waals surface area contributed by atoms with Crippen molar-refractivity contribution in [2.45, 2.75) is 40.2 Å². The second kappa shape index (κ2) is 5.32. The molecule has 0 heterocycles. The van der Waals surface area contributed by atoms with E-state index in [1.54, 1.807) is 0 Å². The summed E-state index contributed by atoms with van der Waals surface area (Å²) < 4.78 is 0. The summed E-state index contributed by atoms with van der Waals surface area (Å²) in [6, 6.07) is 6.00. The fourth-order valence-electron chi connectivity index (χ4n) is 1.80. The van der Waals surface area contributed by atoms with E-state index in [-0.39, 0.29) is 5.91 Å². The number of anilines is 1. The van der Waals surface area contributed by atoms with Gasteiger partial charge in [0.05, 0.1) is 5.54 Å². The molecule has 2 N–H and O–H groups in total. The van der Waals surface area contributed by atoms with Crippen LogP contribution in [-0.2, 0) is 4.79 Å². The fraction of sp³-hybridized carbons (Fsp3) is 0.500. The standard InChI is InChI=1S/C14H22N2O/c1-6-15-14(4,5)13(17)16-12-10(2)8-7-9-11(12)3/h7-9,15H,6H2,1-5H3,(H,16,17). The highest BCUT2D eigenvalue weighted by molar-refractivity contribution is 5.98. The van der Waals surface area contributed by atoms with Crippen molar-refractivity contribution in [1.29, 1.82) is 0 Å². The van der Waals surface area contributed by atoms with Gasteiger partial charge in [-0.1, -0.05) is 25.1 Å². The molecule has 0 unspecified atom stereocenters. The third kappa shape index (κ3) is 3.30. The number of carbonyl (C=O) groups excluding carboxylic acids is 1. The second-order valence-electron chi connectivity index (χ2n) is 4.88. The van der Waals surface area contributed by atoms with Crippen LogP contribution in [0.5, 0.6) is 0 Å². The van der Waals surface area contributed by atoms with Crippen molar-refractivity contribution in [3.63, 3.8) is 0 Å². The van der Waals surface area contributed by atoms with E-state index >= 15 is 0 Å². The van der Waals surface area contributed by atoms with Gasteiger partial charge in [0.2, 0.25) is 5.91 Å². The number of aryl methyl sites for hydroxylation is 2. The molecule has 0 aliphatic heterocycles. The Balaban J connectivity index is 2.88. The summed E-state index contributed by atoms with van der Waals surface area (Å²) in [7, 11) is 0. The number of carbonyl (C=O) groups is 1. The molecule has 0 aromatic heterocycles. The van der Waals surface area contributed by atoms with Gasteiger partial charge in [0, 0.05) is 5.69 Å². The third-order valence-electron chi connectivity index (χ3n) is 2.91. The molecule has 17 heavy (non-hydrogen) atoms. The largest absolute Gasteiger partial charge is 0.324 e. The molecule has 0 fully saturated rings. The topological polar surface area (TPSA) is 41.1 Å². The van der Waals surface area contributed by atoms with Crippen LogP contribution in [0.3, 0.4) is 0 Å². The molecule has 1 aromatic carbocycles. The first-order valence-corrected chi connectivity index (χ1v) is 6.01. The average Bonchev–Trinajstić information content (AvgIpc) is 2.23. The highest BCUT2D eigenvalue weighted by Crippen LogP contribution is 2.20. The maximum atomic E-state index is 12.2. The van der Waals surface area contributed by atoms with Gasteiger partial charge in [0.25, 0.3) is 0 Å². The number of nitrogens with one attached hydrogen (secondary N) is 2. The van der Waals surface area contributed by atoms with Crippen molar-refractivity contribution >= 4 is 11.6 Å². The summed E-state index contributed by atoms with van der Waals surface area (Å²) in [6.45, 7) is 10.5. The Morgan fingerprint density at radius 3 is 2.24 bits per heavy atom. The van der Waals surface area contributed by atoms with Gasteiger partial charge in [-0.25, -0.2) is 0 Å². The molecule has 0 saturated heterocycles. The molecule has 94 valence electrons. The lowest BCUT2D eigenvalue weighted by molar-refractivity contribution is -0.121. The molecule has 0 radical (unpaired) electrons. The van der Waals surface area contributed by atoms with Crippen molar-refractivity contribution in [3.8, 4) is 0 Å². The number of likely N-dealkylation sites (N-methyl/N-ethyl adjacent to an activating group) is 1. The van der Waals surface area contributed by atoms with E-state index in [0.717, 1.165) is 23.4 Å². The molecule has 1 aromatic rings. The molecule has 0 spiro atoms. The lowest BCUT2D eigenvalue weighted by Crippen LogP contribution is -2.49. The summed E-state index contributed by atoms with van der Waals surface area (Å²) in [5.74, 6) is -0.00301. The molecule has 3 heteroatoms. The first-order valence-electron chi connectivity index (χ1n) is 6.01. The van der Waals surface area contributed by atoms with E-state index in [4.69, 9.17) is 0 Å². The number of amides is 1. The first kappa shape index (κ1) is 13.7. The summed E-state index contributed by atoms with van der Waals surface area (Å²) in [4.78, 5) is 12.2. The Morgan fingerprint density at radius 1 is 1.24 bits per heavy atom. The van der Waals surface area contributed by atoms with Gasteiger partial charge in [-0.3, -0.25) is 4.79 Å². The molecule has 1 amide bonds. The number of benzene rings is 1. The SMILES string of the molecule is CCNC(C)(C)C(=O)Nc1c(C)cccc1C. The van der Waals surface area contributed by atoms with Crippen molar-refractivity contribution in [2.75, 3.05) is 11.9 Å². The van der Waals surface area contributed by atoms with Crippen LogP contribution in [0.15, 0.2) is 18.2 Å². The molecule has 0 aliphatic carbocycles. The minimum atomic E-state index is -0.552. The zero-order valence-electron chi connectivity index (χ0n) is 11.3. The Kier molecular flexibility index (Phi) is 4.29. The molecular weight excluding hydrogens is 212 g/mol. The number of hydrogen-bond acceptors (Lipinski definition) is 2. The van der Waals surface area contributed by atoms with Crippen molar-refractivity contribution in [2.24, 2.45) is 0 Å². The van der Waals surface area contributed by atoms with E-state index in [9.17, 15) is 4.79 Å². The predicted molar refractivity (Wildman–Crippen MR) is 72.3 cm³/mol. The van der Waals surface area contributed by atoms with Crippen molar-refractivity contribution < 1.29 is 4.79 Å². The fourth-order valence-corrected chi connectivity index (χ4v) is 1.80.